The van der Waals surface area contributed by atoms with E-state index in [1.54, 1.807) is 18.2 Å². The number of hydrogen-bond acceptors (Lipinski definition) is 3. The standard InChI is InChI=1S/C7H6O2.C4H9.Al.H2O/c8-7(9)6-4-2-1-3-5-6;1-3-4-2;;/h1-5H,(H,8,9);1,3-4H2,2H3;;1H2/q;;+2;/p-2. The van der Waals surface area contributed by atoms with E-state index < -0.39 is 5.97 Å². The van der Waals surface area contributed by atoms with E-state index in [4.69, 9.17) is 4.16 Å². The largest absolute Gasteiger partial charge is 0.545 e. The number of carboxylic acids is 1. The second kappa shape index (κ2) is 9.73. The van der Waals surface area contributed by atoms with Gasteiger partial charge in [0.25, 0.3) is 0 Å². The fourth-order valence-corrected chi connectivity index (χ4v) is 1.46. The third-order valence-electron chi connectivity index (χ3n) is 1.70. The Bertz CT molecular complexity index is 258. The molecule has 0 spiro atoms. The van der Waals surface area contributed by atoms with Gasteiger partial charge in [-0.3, -0.25) is 0 Å². The maximum Gasteiger partial charge on any atom is 0.0715 e. The van der Waals surface area contributed by atoms with Crippen LogP contribution in [0.1, 0.15) is 30.1 Å². The van der Waals surface area contributed by atoms with Crippen molar-refractivity contribution in [2.75, 3.05) is 0 Å². The van der Waals surface area contributed by atoms with Crippen LogP contribution >= 0.6 is 0 Å². The molecule has 0 saturated carbocycles. The molecule has 3 nitrogen and oxygen atoms in total. The molecule has 0 aliphatic heterocycles. The third kappa shape index (κ3) is 8.20. The van der Waals surface area contributed by atoms with E-state index in [-0.39, 0.29) is 21.1 Å². The summed E-state index contributed by atoms with van der Waals surface area (Å²) in [6, 6.07) is 8.06. The summed E-state index contributed by atoms with van der Waals surface area (Å²) in [6.45, 7) is 2.13. The Balaban J connectivity index is 0.000000288. The van der Waals surface area contributed by atoms with Crippen molar-refractivity contribution in [1.29, 1.82) is 0 Å². The molecule has 15 heavy (non-hydrogen) atoms. The maximum atomic E-state index is 10.1. The Kier molecular flexibility index (Phi) is 9.20. The van der Waals surface area contributed by atoms with Crippen LogP contribution in [0.4, 0.5) is 0 Å². The fraction of sp³-hybridized carbons (Fsp3) is 0.364. The summed E-state index contributed by atoms with van der Waals surface area (Å²) in [5, 5.41) is 11.1. The van der Waals surface area contributed by atoms with E-state index in [2.05, 4.69) is 6.92 Å². The predicted octanol–water partition coefficient (Wildman–Crippen LogP) is 0.866. The molecule has 0 aliphatic rings. The molecular formula is C11H15AlO3. The first-order valence-electron chi connectivity index (χ1n) is 4.94. The minimum atomic E-state index is -1.13. The molecule has 0 amide bonds. The van der Waals surface area contributed by atoms with Crippen molar-refractivity contribution in [3.05, 3.63) is 35.9 Å². The van der Waals surface area contributed by atoms with Crippen molar-refractivity contribution in [2.24, 2.45) is 0 Å². The van der Waals surface area contributed by atoms with Gasteiger partial charge in [-0.15, -0.1) is 0 Å². The number of aromatic carboxylic acids is 1. The Hall–Kier alpha value is -0.818. The monoisotopic (exact) mass is 222 g/mol. The zero-order chi connectivity index (χ0) is 11.5. The summed E-state index contributed by atoms with van der Waals surface area (Å²) in [5.74, 6) is -1.13. The Morgan fingerprint density at radius 2 is 2.00 bits per heavy atom. The van der Waals surface area contributed by atoms with Gasteiger partial charge in [0, 0.05) is 0 Å². The van der Waals surface area contributed by atoms with Gasteiger partial charge in [0.1, 0.15) is 0 Å². The molecule has 0 saturated heterocycles. The Labute approximate surface area is 96.8 Å². The van der Waals surface area contributed by atoms with Crippen molar-refractivity contribution >= 4 is 21.5 Å². The molecule has 0 unspecified atom stereocenters. The minimum absolute atomic E-state index is 0.216. The van der Waals surface area contributed by atoms with Gasteiger partial charge in [0.2, 0.25) is 0 Å². The molecule has 80 valence electrons. The third-order valence-corrected chi connectivity index (χ3v) is 2.36. The van der Waals surface area contributed by atoms with E-state index in [1.807, 2.05) is 0 Å². The SMILES string of the molecule is CCC[CH2][Al+][OH].O=C([O-])c1ccccc1. The quantitative estimate of drug-likeness (QED) is 0.607. The molecule has 0 heterocycles. The predicted molar refractivity (Wildman–Crippen MR) is 58.5 cm³/mol. The summed E-state index contributed by atoms with van der Waals surface area (Å²) in [7, 11) is 0. The summed E-state index contributed by atoms with van der Waals surface area (Å²) < 4.78 is 8.28. The van der Waals surface area contributed by atoms with Gasteiger partial charge in [-0.2, -0.15) is 0 Å². The van der Waals surface area contributed by atoms with Crippen LogP contribution in [0.15, 0.2) is 30.3 Å². The number of unbranched alkanes of at least 4 members (excludes halogenated alkanes) is 1. The second-order valence-corrected chi connectivity index (χ2v) is 3.92. The van der Waals surface area contributed by atoms with Gasteiger partial charge in [0.05, 0.1) is 5.97 Å². The molecule has 0 aliphatic carbocycles. The first-order chi connectivity index (χ1) is 7.22. The van der Waals surface area contributed by atoms with Crippen LogP contribution in [-0.4, -0.2) is 25.7 Å². The number of carboxylic acid groups (broad SMARTS) is 1. The van der Waals surface area contributed by atoms with Crippen molar-refractivity contribution in [2.45, 2.75) is 25.0 Å². The number of benzene rings is 1. The topological polar surface area (TPSA) is 60.4 Å². The van der Waals surface area contributed by atoms with E-state index in [9.17, 15) is 9.90 Å². The number of rotatable bonds is 4. The molecule has 0 bridgehead atoms. The van der Waals surface area contributed by atoms with Gasteiger partial charge < -0.3 is 9.90 Å². The fourth-order valence-electron chi connectivity index (χ4n) is 0.870. The van der Waals surface area contributed by atoms with E-state index >= 15 is 0 Å². The average molecular weight is 222 g/mol. The molecule has 0 radical (unpaired) electrons. The van der Waals surface area contributed by atoms with Crippen molar-refractivity contribution in [3.8, 4) is 0 Å². The molecule has 0 aromatic heterocycles. The molecule has 1 aromatic carbocycles. The van der Waals surface area contributed by atoms with Crippen LogP contribution in [0.3, 0.4) is 0 Å². The molecule has 0 fully saturated rings. The first kappa shape index (κ1) is 14.2. The van der Waals surface area contributed by atoms with Gasteiger partial charge >= 0.3 is 44.8 Å². The smallest absolute Gasteiger partial charge is 0.0715 e. The van der Waals surface area contributed by atoms with Crippen molar-refractivity contribution in [3.63, 3.8) is 0 Å². The molecule has 4 heteroatoms. The summed E-state index contributed by atoms with van der Waals surface area (Å²) in [5.41, 5.74) is 0.220. The van der Waals surface area contributed by atoms with Crippen LogP contribution in [0.2, 0.25) is 5.28 Å². The van der Waals surface area contributed by atoms with Gasteiger partial charge in [-0.25, -0.2) is 0 Å². The average Bonchev–Trinajstić information content (AvgIpc) is 2.28. The molecule has 0 atom stereocenters. The zero-order valence-electron chi connectivity index (χ0n) is 8.85. The normalized spacial score (nSPS) is 8.40. The molecule has 1 N–H and O–H groups in total. The van der Waals surface area contributed by atoms with Crippen molar-refractivity contribution in [1.82, 2.24) is 0 Å². The van der Waals surface area contributed by atoms with Crippen LogP contribution in [0.5, 0.6) is 0 Å². The summed E-state index contributed by atoms with van der Waals surface area (Å²) in [6.07, 6.45) is 2.42. The Morgan fingerprint density at radius 3 is 2.27 bits per heavy atom. The van der Waals surface area contributed by atoms with Crippen LogP contribution in [0.25, 0.3) is 0 Å². The first-order valence-corrected chi connectivity index (χ1v) is 6.28. The van der Waals surface area contributed by atoms with Crippen molar-refractivity contribution < 1.29 is 14.1 Å². The maximum absolute atomic E-state index is 10.1. The molecule has 1 rings (SSSR count). The van der Waals surface area contributed by atoms with E-state index in [0.717, 1.165) is 5.28 Å². The van der Waals surface area contributed by atoms with Gasteiger partial charge in [-0.1, -0.05) is 30.3 Å². The summed E-state index contributed by atoms with van der Waals surface area (Å²) in [4.78, 5) is 10.1. The minimum Gasteiger partial charge on any atom is -0.545 e. The zero-order valence-corrected chi connectivity index (χ0v) is 10.0. The van der Waals surface area contributed by atoms with E-state index in [0.29, 0.717) is 0 Å². The Morgan fingerprint density at radius 1 is 1.40 bits per heavy atom. The molecular weight excluding hydrogens is 207 g/mol. The van der Waals surface area contributed by atoms with Crippen LogP contribution < -0.4 is 5.11 Å². The number of carbonyl (C=O) groups excluding carboxylic acids is 1. The number of hydrogen-bond donors (Lipinski definition) is 1. The van der Waals surface area contributed by atoms with Gasteiger partial charge in [-0.05, 0) is 5.56 Å². The second-order valence-electron chi connectivity index (χ2n) is 2.98. The van der Waals surface area contributed by atoms with Crippen LogP contribution in [0, 0.1) is 0 Å². The van der Waals surface area contributed by atoms with E-state index in [1.165, 1.54) is 25.0 Å². The van der Waals surface area contributed by atoms with Crippen LogP contribution in [-0.2, 0) is 0 Å². The molecule has 1 aromatic rings. The summed E-state index contributed by atoms with van der Waals surface area (Å²) >= 11 is -0.216. The number of carbonyl (C=O) groups is 1. The van der Waals surface area contributed by atoms with Gasteiger partial charge in [0.15, 0.2) is 0 Å².